The quantitative estimate of drug-likeness (QED) is 0.769. The van der Waals surface area contributed by atoms with Crippen LogP contribution in [0, 0.1) is 6.92 Å². The number of rotatable bonds is 6. The van der Waals surface area contributed by atoms with Crippen molar-refractivity contribution in [3.63, 3.8) is 0 Å². The number of hydrogen-bond donors (Lipinski definition) is 2. The summed E-state index contributed by atoms with van der Waals surface area (Å²) in [7, 11) is 0. The third-order valence-electron chi connectivity index (χ3n) is 3.38. The Labute approximate surface area is 113 Å². The van der Waals surface area contributed by atoms with E-state index < -0.39 is 0 Å². The van der Waals surface area contributed by atoms with Crippen LogP contribution in [0.4, 0.5) is 0 Å². The summed E-state index contributed by atoms with van der Waals surface area (Å²) in [5.41, 5.74) is 1.11. The Morgan fingerprint density at radius 1 is 1.42 bits per heavy atom. The van der Waals surface area contributed by atoms with E-state index >= 15 is 0 Å². The summed E-state index contributed by atoms with van der Waals surface area (Å²) in [5, 5.41) is 12.0. The summed E-state index contributed by atoms with van der Waals surface area (Å²) in [4.78, 5) is 11.6. The molecule has 1 fully saturated rings. The molecule has 0 unspecified atom stereocenters. The molecular weight excluding hydrogens is 242 g/mol. The SMILES string of the molecule is Cc1ccccc1OCCCC(=O)NC1CC(O)C1. The highest BCUT2D eigenvalue weighted by Crippen LogP contribution is 2.19. The number of nitrogens with one attached hydrogen (secondary N) is 1. The van der Waals surface area contributed by atoms with Crippen molar-refractivity contribution >= 4 is 5.91 Å². The molecule has 1 aliphatic rings. The molecule has 0 aliphatic heterocycles. The number of carbonyl (C=O) groups excluding carboxylic acids is 1. The number of para-hydroxylation sites is 1. The molecular formula is C15H21NO3. The minimum atomic E-state index is -0.227. The second kappa shape index (κ2) is 6.57. The molecule has 19 heavy (non-hydrogen) atoms. The van der Waals surface area contributed by atoms with Gasteiger partial charge in [-0.15, -0.1) is 0 Å². The largest absolute Gasteiger partial charge is 0.493 e. The van der Waals surface area contributed by atoms with Gasteiger partial charge in [0.15, 0.2) is 0 Å². The van der Waals surface area contributed by atoms with Gasteiger partial charge in [-0.25, -0.2) is 0 Å². The topological polar surface area (TPSA) is 58.6 Å². The smallest absolute Gasteiger partial charge is 0.220 e. The van der Waals surface area contributed by atoms with Crippen LogP contribution in [0.25, 0.3) is 0 Å². The van der Waals surface area contributed by atoms with Crippen molar-refractivity contribution in [2.75, 3.05) is 6.61 Å². The van der Waals surface area contributed by atoms with Gasteiger partial charge in [0.1, 0.15) is 5.75 Å². The summed E-state index contributed by atoms with van der Waals surface area (Å²) < 4.78 is 5.63. The maximum atomic E-state index is 11.6. The first-order valence-electron chi connectivity index (χ1n) is 6.81. The molecule has 2 N–H and O–H groups in total. The van der Waals surface area contributed by atoms with E-state index in [9.17, 15) is 4.79 Å². The monoisotopic (exact) mass is 263 g/mol. The van der Waals surface area contributed by atoms with Crippen molar-refractivity contribution in [3.05, 3.63) is 29.8 Å². The minimum Gasteiger partial charge on any atom is -0.493 e. The van der Waals surface area contributed by atoms with Gasteiger partial charge in [0.25, 0.3) is 0 Å². The molecule has 2 rings (SSSR count). The Balaban J connectivity index is 1.59. The number of carbonyl (C=O) groups is 1. The van der Waals surface area contributed by atoms with Crippen LogP contribution in [0.2, 0.25) is 0 Å². The number of hydrogen-bond acceptors (Lipinski definition) is 3. The van der Waals surface area contributed by atoms with E-state index in [1.54, 1.807) is 0 Å². The summed E-state index contributed by atoms with van der Waals surface area (Å²) >= 11 is 0. The lowest BCUT2D eigenvalue weighted by Crippen LogP contribution is -2.46. The number of aliphatic hydroxyl groups is 1. The van der Waals surface area contributed by atoms with Gasteiger partial charge in [0, 0.05) is 12.5 Å². The number of aliphatic hydroxyl groups excluding tert-OH is 1. The normalized spacial score (nSPS) is 21.6. The summed E-state index contributed by atoms with van der Waals surface area (Å²) in [6.45, 7) is 2.55. The van der Waals surface area contributed by atoms with Gasteiger partial charge >= 0.3 is 0 Å². The Morgan fingerprint density at radius 3 is 2.84 bits per heavy atom. The molecule has 0 atom stereocenters. The molecule has 1 aromatic rings. The van der Waals surface area contributed by atoms with Crippen molar-refractivity contribution in [3.8, 4) is 5.75 Å². The highest BCUT2D eigenvalue weighted by Gasteiger charge is 2.27. The van der Waals surface area contributed by atoms with Gasteiger partial charge < -0.3 is 15.2 Å². The van der Waals surface area contributed by atoms with Gasteiger partial charge in [-0.3, -0.25) is 4.79 Å². The second-order valence-corrected chi connectivity index (χ2v) is 5.11. The van der Waals surface area contributed by atoms with Crippen LogP contribution in [-0.4, -0.2) is 29.8 Å². The molecule has 0 saturated heterocycles. The molecule has 0 aromatic heterocycles. The van der Waals surface area contributed by atoms with Crippen molar-refractivity contribution in [2.45, 2.75) is 44.8 Å². The van der Waals surface area contributed by atoms with Gasteiger partial charge in [0.05, 0.1) is 12.7 Å². The van der Waals surface area contributed by atoms with Crippen LogP contribution in [0.3, 0.4) is 0 Å². The molecule has 4 heteroatoms. The number of ether oxygens (including phenoxy) is 1. The summed E-state index contributed by atoms with van der Waals surface area (Å²) in [6, 6.07) is 8.02. The van der Waals surface area contributed by atoms with Crippen molar-refractivity contribution in [1.29, 1.82) is 0 Å². The molecule has 104 valence electrons. The molecule has 0 spiro atoms. The van der Waals surface area contributed by atoms with Crippen molar-refractivity contribution in [2.24, 2.45) is 0 Å². The fraction of sp³-hybridized carbons (Fsp3) is 0.533. The predicted octanol–water partition coefficient (Wildman–Crippen LogP) is 1.79. The fourth-order valence-electron chi connectivity index (χ4n) is 2.14. The van der Waals surface area contributed by atoms with Gasteiger partial charge in [-0.05, 0) is 37.8 Å². The lowest BCUT2D eigenvalue weighted by atomic mass is 9.89. The van der Waals surface area contributed by atoms with Crippen molar-refractivity contribution < 1.29 is 14.6 Å². The Bertz CT molecular complexity index is 427. The molecule has 0 bridgehead atoms. The third-order valence-corrected chi connectivity index (χ3v) is 3.38. The number of benzene rings is 1. The average Bonchev–Trinajstić information content (AvgIpc) is 2.35. The fourth-order valence-corrected chi connectivity index (χ4v) is 2.14. The first kappa shape index (κ1) is 13.9. The first-order chi connectivity index (χ1) is 9.15. The molecule has 1 saturated carbocycles. The molecule has 0 heterocycles. The standard InChI is InChI=1S/C15H21NO3/c1-11-5-2-3-6-14(11)19-8-4-7-15(18)16-12-9-13(17)10-12/h2-3,5-6,12-13,17H,4,7-10H2,1H3,(H,16,18). The lowest BCUT2D eigenvalue weighted by molar-refractivity contribution is -0.123. The van der Waals surface area contributed by atoms with E-state index in [1.807, 2.05) is 31.2 Å². The van der Waals surface area contributed by atoms with E-state index in [0.29, 0.717) is 32.3 Å². The highest BCUT2D eigenvalue weighted by atomic mass is 16.5. The number of amides is 1. The Kier molecular flexibility index (Phi) is 4.80. The van der Waals surface area contributed by atoms with E-state index in [4.69, 9.17) is 9.84 Å². The third kappa shape index (κ3) is 4.24. The zero-order chi connectivity index (χ0) is 13.7. The zero-order valence-electron chi connectivity index (χ0n) is 11.3. The van der Waals surface area contributed by atoms with E-state index in [0.717, 1.165) is 11.3 Å². The lowest BCUT2D eigenvalue weighted by Gasteiger charge is -2.31. The van der Waals surface area contributed by atoms with Gasteiger partial charge in [0.2, 0.25) is 5.91 Å². The predicted molar refractivity (Wildman–Crippen MR) is 73.1 cm³/mol. The minimum absolute atomic E-state index is 0.0466. The first-order valence-corrected chi connectivity index (χ1v) is 6.81. The molecule has 1 aliphatic carbocycles. The van der Waals surface area contributed by atoms with Crippen LogP contribution in [0.1, 0.15) is 31.2 Å². The molecule has 1 aromatic carbocycles. The van der Waals surface area contributed by atoms with Gasteiger partial charge in [-0.1, -0.05) is 18.2 Å². The van der Waals surface area contributed by atoms with E-state index in [2.05, 4.69) is 5.32 Å². The van der Waals surface area contributed by atoms with Gasteiger partial charge in [-0.2, -0.15) is 0 Å². The van der Waals surface area contributed by atoms with Crippen LogP contribution >= 0.6 is 0 Å². The summed E-state index contributed by atoms with van der Waals surface area (Å²) in [6.07, 6.45) is 2.32. The second-order valence-electron chi connectivity index (χ2n) is 5.11. The van der Waals surface area contributed by atoms with Crippen molar-refractivity contribution in [1.82, 2.24) is 5.32 Å². The Hall–Kier alpha value is -1.55. The molecule has 4 nitrogen and oxygen atoms in total. The number of aryl methyl sites for hydroxylation is 1. The van der Waals surface area contributed by atoms with Crippen LogP contribution < -0.4 is 10.1 Å². The average molecular weight is 263 g/mol. The van der Waals surface area contributed by atoms with Crippen LogP contribution in [-0.2, 0) is 4.79 Å². The van der Waals surface area contributed by atoms with Crippen LogP contribution in [0.5, 0.6) is 5.75 Å². The van der Waals surface area contributed by atoms with Crippen LogP contribution in [0.15, 0.2) is 24.3 Å². The Morgan fingerprint density at radius 2 is 2.16 bits per heavy atom. The highest BCUT2D eigenvalue weighted by molar-refractivity contribution is 5.76. The zero-order valence-corrected chi connectivity index (χ0v) is 11.3. The van der Waals surface area contributed by atoms with E-state index in [-0.39, 0.29) is 18.1 Å². The molecule has 1 amide bonds. The van der Waals surface area contributed by atoms with E-state index in [1.165, 1.54) is 0 Å². The molecule has 0 radical (unpaired) electrons. The maximum absolute atomic E-state index is 11.6. The summed E-state index contributed by atoms with van der Waals surface area (Å²) in [5.74, 6) is 0.926. The maximum Gasteiger partial charge on any atom is 0.220 e.